The van der Waals surface area contributed by atoms with E-state index in [1.807, 2.05) is 69.3 Å². The summed E-state index contributed by atoms with van der Waals surface area (Å²) in [5.41, 5.74) is 6.41. The van der Waals surface area contributed by atoms with Crippen molar-refractivity contribution in [2.45, 2.75) is 64.8 Å². The summed E-state index contributed by atoms with van der Waals surface area (Å²) < 4.78 is 11.7. The Morgan fingerprint density at radius 1 is 1.00 bits per heavy atom. The molecule has 0 radical (unpaired) electrons. The van der Waals surface area contributed by atoms with Gasteiger partial charge in [-0.05, 0) is 67.5 Å². The van der Waals surface area contributed by atoms with Crippen LogP contribution >= 0.6 is 0 Å². The lowest BCUT2D eigenvalue weighted by Crippen LogP contribution is -2.60. The fourth-order valence-electron chi connectivity index (χ4n) is 4.72. The van der Waals surface area contributed by atoms with Crippen LogP contribution in [0.1, 0.15) is 52.2 Å². The highest BCUT2D eigenvalue weighted by molar-refractivity contribution is 5.90. The lowest BCUT2D eigenvalue weighted by molar-refractivity contribution is -0.157. The molecule has 208 valence electrons. The van der Waals surface area contributed by atoms with Crippen molar-refractivity contribution in [2.75, 3.05) is 13.2 Å². The third kappa shape index (κ3) is 6.97. The molecule has 0 saturated carbocycles. The third-order valence-corrected chi connectivity index (χ3v) is 7.02. The maximum Gasteiger partial charge on any atom is 0.325 e. The van der Waals surface area contributed by atoms with Crippen LogP contribution in [0.3, 0.4) is 0 Å². The summed E-state index contributed by atoms with van der Waals surface area (Å²) in [6.07, 6.45) is 0.705. The maximum absolute atomic E-state index is 13.2. The highest BCUT2D eigenvalue weighted by Crippen LogP contribution is 2.27. The Kier molecular flexibility index (Phi) is 8.91. The number of hydrogen-bond acceptors (Lipinski definition) is 7. The summed E-state index contributed by atoms with van der Waals surface area (Å²) in [4.78, 5) is 39.3. The fourth-order valence-corrected chi connectivity index (χ4v) is 4.72. The third-order valence-electron chi connectivity index (χ3n) is 7.02. The Labute approximate surface area is 229 Å². The highest BCUT2D eigenvalue weighted by Gasteiger charge is 2.33. The molecular formula is C30H38N4O5. The van der Waals surface area contributed by atoms with Crippen molar-refractivity contribution in [3.63, 3.8) is 0 Å². The molecule has 0 spiro atoms. The maximum atomic E-state index is 13.2. The van der Waals surface area contributed by atoms with E-state index in [0.717, 1.165) is 16.7 Å². The summed E-state index contributed by atoms with van der Waals surface area (Å²) in [5, 5.41) is 7.37. The normalized spacial score (nSPS) is 25.1. The summed E-state index contributed by atoms with van der Waals surface area (Å²) in [5.74, 6) is -0.467. The second-order valence-electron chi connectivity index (χ2n) is 10.5. The van der Waals surface area contributed by atoms with E-state index in [1.165, 1.54) is 5.01 Å². The molecule has 3 aliphatic rings. The van der Waals surface area contributed by atoms with Crippen LogP contribution in [0.15, 0.2) is 60.8 Å². The average molecular weight is 535 g/mol. The van der Waals surface area contributed by atoms with Crippen LogP contribution in [0.4, 0.5) is 0 Å². The molecule has 1 saturated heterocycles. The van der Waals surface area contributed by atoms with Crippen molar-refractivity contribution in [3.8, 4) is 16.9 Å². The summed E-state index contributed by atoms with van der Waals surface area (Å²) in [7, 11) is 0. The molecule has 0 aromatic heterocycles. The minimum Gasteiger partial charge on any atom is -0.487 e. The molecule has 2 aromatic carbocycles. The van der Waals surface area contributed by atoms with Gasteiger partial charge in [0.2, 0.25) is 5.91 Å². The minimum atomic E-state index is -0.801. The first-order valence-electron chi connectivity index (χ1n) is 13.5. The topological polar surface area (TPSA) is 109 Å². The molecule has 3 aliphatic heterocycles. The summed E-state index contributed by atoms with van der Waals surface area (Å²) in [6, 6.07) is 13.5. The van der Waals surface area contributed by atoms with Gasteiger partial charge in [-0.25, -0.2) is 5.43 Å². The van der Waals surface area contributed by atoms with Crippen LogP contribution in [0, 0.1) is 5.92 Å². The number of nitrogens with one attached hydrogen (secondary N) is 3. The monoisotopic (exact) mass is 534 g/mol. The van der Waals surface area contributed by atoms with E-state index in [2.05, 4.69) is 22.6 Å². The zero-order valence-corrected chi connectivity index (χ0v) is 23.0. The molecule has 0 aliphatic carbocycles. The van der Waals surface area contributed by atoms with E-state index in [1.54, 1.807) is 6.92 Å². The summed E-state index contributed by atoms with van der Waals surface area (Å²) in [6.45, 7) is 11.9. The predicted molar refractivity (Wildman–Crippen MR) is 148 cm³/mol. The van der Waals surface area contributed by atoms with Crippen LogP contribution in [-0.4, -0.2) is 54.1 Å². The number of benzene rings is 2. The van der Waals surface area contributed by atoms with Gasteiger partial charge < -0.3 is 20.1 Å². The van der Waals surface area contributed by atoms with Crippen LogP contribution < -0.4 is 20.8 Å². The fraction of sp³-hybridized carbons (Fsp3) is 0.433. The number of ether oxygens (including phenoxy) is 2. The van der Waals surface area contributed by atoms with Gasteiger partial charge >= 0.3 is 5.97 Å². The van der Waals surface area contributed by atoms with Crippen molar-refractivity contribution in [1.29, 1.82) is 0 Å². The zero-order valence-electron chi connectivity index (χ0n) is 23.0. The van der Waals surface area contributed by atoms with Crippen molar-refractivity contribution in [1.82, 2.24) is 21.1 Å². The Morgan fingerprint density at radius 2 is 1.74 bits per heavy atom. The molecule has 9 heteroatoms. The van der Waals surface area contributed by atoms with Crippen LogP contribution in [-0.2, 0) is 19.1 Å². The van der Waals surface area contributed by atoms with Gasteiger partial charge in [-0.3, -0.25) is 19.4 Å². The van der Waals surface area contributed by atoms with Gasteiger partial charge in [0.15, 0.2) is 0 Å². The van der Waals surface area contributed by atoms with E-state index in [4.69, 9.17) is 9.47 Å². The van der Waals surface area contributed by atoms with Gasteiger partial charge in [-0.15, -0.1) is 0 Å². The SMILES string of the molecule is C=C1COc2ccc(cc2)-c2cccc(c2)[C@@H](C)OC(=O)[C@@H]2CCCN(N2)C(=O)[C@H](C)NC(=O)[C@H](C(C)C)N1. The number of rotatable bonds is 1. The van der Waals surface area contributed by atoms with E-state index in [-0.39, 0.29) is 24.3 Å². The van der Waals surface area contributed by atoms with Crippen LogP contribution in [0.25, 0.3) is 11.1 Å². The number of hydrazine groups is 1. The lowest BCUT2D eigenvalue weighted by atomic mass is 10.0. The number of hydrogen-bond donors (Lipinski definition) is 3. The number of carbonyl (C=O) groups excluding carboxylic acids is 3. The first-order valence-corrected chi connectivity index (χ1v) is 13.5. The van der Waals surface area contributed by atoms with E-state index < -0.39 is 30.2 Å². The molecule has 0 unspecified atom stereocenters. The second-order valence-corrected chi connectivity index (χ2v) is 10.5. The average Bonchev–Trinajstić information content (AvgIpc) is 2.94. The molecule has 6 bridgehead atoms. The molecule has 2 aromatic rings. The number of fused-ring (bicyclic) bond motifs is 12. The number of amides is 2. The van der Waals surface area contributed by atoms with E-state index in [0.29, 0.717) is 30.8 Å². The van der Waals surface area contributed by atoms with Crippen molar-refractivity contribution in [3.05, 3.63) is 66.4 Å². The van der Waals surface area contributed by atoms with Gasteiger partial charge in [0.05, 0.1) is 0 Å². The zero-order chi connectivity index (χ0) is 28.1. The Balaban J connectivity index is 1.61. The van der Waals surface area contributed by atoms with E-state index >= 15 is 0 Å². The molecule has 9 nitrogen and oxygen atoms in total. The molecule has 3 N–H and O–H groups in total. The van der Waals surface area contributed by atoms with Crippen LogP contribution in [0.5, 0.6) is 5.75 Å². The van der Waals surface area contributed by atoms with Crippen LogP contribution in [0.2, 0.25) is 0 Å². The molecule has 3 heterocycles. The van der Waals surface area contributed by atoms with Gasteiger partial charge in [-0.2, -0.15) is 0 Å². The second kappa shape index (κ2) is 12.3. The predicted octanol–water partition coefficient (Wildman–Crippen LogP) is 3.48. The molecular weight excluding hydrogens is 496 g/mol. The van der Waals surface area contributed by atoms with Crippen molar-refractivity contribution in [2.24, 2.45) is 5.92 Å². The molecule has 4 atom stereocenters. The Morgan fingerprint density at radius 3 is 2.46 bits per heavy atom. The van der Waals surface area contributed by atoms with Gasteiger partial charge in [0, 0.05) is 12.2 Å². The molecule has 5 rings (SSSR count). The van der Waals surface area contributed by atoms with Crippen molar-refractivity contribution < 1.29 is 23.9 Å². The van der Waals surface area contributed by atoms with Gasteiger partial charge in [0.1, 0.15) is 36.6 Å². The smallest absolute Gasteiger partial charge is 0.325 e. The number of carbonyl (C=O) groups is 3. The standard InChI is InChI=1S/C30H38N4O5/c1-18(2)27-28(35)32-20(4)29(36)34-15-7-10-26(33-34)30(37)39-21(5)23-8-6-9-24(16-23)22-11-13-25(14-12-22)38-17-19(3)31-27/h6,8-9,11-14,16,18,20-21,26-27,31,33H,3,7,10,15,17H2,1-2,4-5H3,(H,32,35)/t20-,21+,26-,27-/m0/s1. The number of nitrogens with zero attached hydrogens (tertiary/aromatic N) is 1. The van der Waals surface area contributed by atoms with Crippen molar-refractivity contribution >= 4 is 17.8 Å². The molecule has 2 amide bonds. The molecule has 1 fully saturated rings. The quantitative estimate of drug-likeness (QED) is 0.380. The largest absolute Gasteiger partial charge is 0.487 e. The minimum absolute atomic E-state index is 0.0705. The Hall–Kier alpha value is -3.85. The highest BCUT2D eigenvalue weighted by atomic mass is 16.5. The van der Waals surface area contributed by atoms with Gasteiger partial charge in [0.25, 0.3) is 5.91 Å². The molecule has 39 heavy (non-hydrogen) atoms. The lowest BCUT2D eigenvalue weighted by Gasteiger charge is -2.35. The Bertz CT molecular complexity index is 1210. The van der Waals surface area contributed by atoms with Gasteiger partial charge in [-0.1, -0.05) is 50.8 Å². The first kappa shape index (κ1) is 28.2. The van der Waals surface area contributed by atoms with E-state index in [9.17, 15) is 14.4 Å². The first-order chi connectivity index (χ1) is 18.6. The summed E-state index contributed by atoms with van der Waals surface area (Å²) >= 11 is 0. The number of esters is 1.